The summed E-state index contributed by atoms with van der Waals surface area (Å²) >= 11 is 0. The molecule has 2 rings (SSSR count). The van der Waals surface area contributed by atoms with Crippen LogP contribution in [0.5, 0.6) is 0 Å². The van der Waals surface area contributed by atoms with Crippen LogP contribution in [0.4, 0.5) is 5.82 Å². The molecule has 5 heteroatoms. The molecule has 0 amide bonds. The quantitative estimate of drug-likeness (QED) is 0.709. The van der Waals surface area contributed by atoms with E-state index >= 15 is 0 Å². The molecule has 2 N–H and O–H groups in total. The maximum atomic E-state index is 8.93. The molecule has 2 heterocycles. The van der Waals surface area contributed by atoms with Crippen LogP contribution in [0.15, 0.2) is 12.3 Å². The second kappa shape index (κ2) is 4.24. The van der Waals surface area contributed by atoms with E-state index < -0.39 is 0 Å². The lowest BCUT2D eigenvalue weighted by Gasteiger charge is -2.30. The van der Waals surface area contributed by atoms with Crippen molar-refractivity contribution in [1.82, 2.24) is 10.2 Å². The van der Waals surface area contributed by atoms with E-state index in [-0.39, 0.29) is 6.04 Å². The zero-order valence-electron chi connectivity index (χ0n) is 8.43. The Balaban J connectivity index is 2.19. The monoisotopic (exact) mass is 203 g/mol. The molecule has 78 valence electrons. The van der Waals surface area contributed by atoms with E-state index in [1.54, 1.807) is 6.07 Å². The molecule has 0 unspecified atom stereocenters. The third kappa shape index (κ3) is 2.05. The average molecular weight is 203 g/mol. The van der Waals surface area contributed by atoms with Gasteiger partial charge in [0.1, 0.15) is 6.07 Å². The van der Waals surface area contributed by atoms with Crippen LogP contribution < -0.4 is 10.6 Å². The largest absolute Gasteiger partial charge is 0.354 e. The maximum Gasteiger partial charge on any atom is 0.169 e. The highest BCUT2D eigenvalue weighted by atomic mass is 15.3. The molecule has 1 aliphatic rings. The molecule has 15 heavy (non-hydrogen) atoms. The topological polar surface area (TPSA) is 78.8 Å². The van der Waals surface area contributed by atoms with Crippen LogP contribution in [-0.4, -0.2) is 29.3 Å². The summed E-state index contributed by atoms with van der Waals surface area (Å²) < 4.78 is 0. The average Bonchev–Trinajstić information content (AvgIpc) is 2.30. The molecule has 1 fully saturated rings. The summed E-state index contributed by atoms with van der Waals surface area (Å²) in [5, 5.41) is 16.8. The number of nitrogens with zero attached hydrogens (tertiary/aromatic N) is 4. The Bertz CT molecular complexity index is 376. The Kier molecular flexibility index (Phi) is 2.79. The summed E-state index contributed by atoms with van der Waals surface area (Å²) in [7, 11) is 0. The summed E-state index contributed by atoms with van der Waals surface area (Å²) in [5.74, 6) is 0.687. The maximum absolute atomic E-state index is 8.93. The number of nitrogens with two attached hydrogens (primary N) is 1. The highest BCUT2D eigenvalue weighted by molar-refractivity contribution is 5.52. The van der Waals surface area contributed by atoms with Crippen molar-refractivity contribution in [3.8, 4) is 6.07 Å². The van der Waals surface area contributed by atoms with Crippen LogP contribution in [0.2, 0.25) is 0 Å². The van der Waals surface area contributed by atoms with Gasteiger partial charge in [-0.05, 0) is 18.9 Å². The molecule has 0 atom stereocenters. The van der Waals surface area contributed by atoms with Gasteiger partial charge in [0.15, 0.2) is 5.82 Å². The Morgan fingerprint density at radius 1 is 1.47 bits per heavy atom. The predicted octanol–water partition coefficient (Wildman–Crippen LogP) is 0.276. The summed E-state index contributed by atoms with van der Waals surface area (Å²) in [4.78, 5) is 2.08. The van der Waals surface area contributed by atoms with E-state index in [1.807, 2.05) is 0 Å². The van der Waals surface area contributed by atoms with E-state index in [4.69, 9.17) is 11.0 Å². The number of hydrogen-bond donors (Lipinski definition) is 1. The molecule has 0 saturated carbocycles. The zero-order valence-corrected chi connectivity index (χ0v) is 8.43. The van der Waals surface area contributed by atoms with Gasteiger partial charge in [0.2, 0.25) is 0 Å². The normalized spacial score (nSPS) is 17.5. The van der Waals surface area contributed by atoms with Gasteiger partial charge in [0.25, 0.3) is 0 Å². The summed E-state index contributed by atoms with van der Waals surface area (Å²) in [5.41, 5.74) is 6.40. The van der Waals surface area contributed by atoms with Crippen LogP contribution in [0.3, 0.4) is 0 Å². The molecule has 0 aromatic carbocycles. The standard InChI is InChI=1S/C10H13N5/c11-7-8-1-4-13-14-10(8)15-5-2-9(12)3-6-15/h1,4,9H,2-3,5-6,12H2. The van der Waals surface area contributed by atoms with Gasteiger partial charge in [-0.2, -0.15) is 10.4 Å². The molecule has 0 spiro atoms. The fourth-order valence-electron chi connectivity index (χ4n) is 1.76. The number of nitriles is 1. The van der Waals surface area contributed by atoms with Crippen molar-refractivity contribution in [3.63, 3.8) is 0 Å². The molecule has 1 aromatic heterocycles. The highest BCUT2D eigenvalue weighted by Gasteiger charge is 2.19. The molecular weight excluding hydrogens is 190 g/mol. The summed E-state index contributed by atoms with van der Waals surface area (Å²) in [6.45, 7) is 1.71. The van der Waals surface area contributed by atoms with E-state index in [0.29, 0.717) is 11.4 Å². The SMILES string of the molecule is N#Cc1ccnnc1N1CCC(N)CC1. The molecule has 0 bridgehead atoms. The number of rotatable bonds is 1. The Labute approximate surface area is 88.5 Å². The van der Waals surface area contributed by atoms with Crippen molar-refractivity contribution in [1.29, 1.82) is 5.26 Å². The summed E-state index contributed by atoms with van der Waals surface area (Å²) in [6, 6.07) is 4.10. The molecule has 0 radical (unpaired) electrons. The predicted molar refractivity (Wildman–Crippen MR) is 56.2 cm³/mol. The third-order valence-corrected chi connectivity index (χ3v) is 2.66. The fraction of sp³-hybridized carbons (Fsp3) is 0.500. The van der Waals surface area contributed by atoms with Crippen molar-refractivity contribution in [2.45, 2.75) is 18.9 Å². The van der Waals surface area contributed by atoms with Crippen LogP contribution in [0, 0.1) is 11.3 Å². The third-order valence-electron chi connectivity index (χ3n) is 2.66. The second-order valence-corrected chi connectivity index (χ2v) is 3.70. The fourth-order valence-corrected chi connectivity index (χ4v) is 1.76. The Morgan fingerprint density at radius 2 is 2.20 bits per heavy atom. The van der Waals surface area contributed by atoms with E-state index in [1.165, 1.54) is 6.20 Å². The number of hydrogen-bond acceptors (Lipinski definition) is 5. The van der Waals surface area contributed by atoms with Gasteiger partial charge in [0, 0.05) is 19.1 Å². The molecule has 1 saturated heterocycles. The van der Waals surface area contributed by atoms with Gasteiger partial charge >= 0.3 is 0 Å². The van der Waals surface area contributed by atoms with E-state index in [9.17, 15) is 0 Å². The van der Waals surface area contributed by atoms with E-state index in [2.05, 4.69) is 21.2 Å². The first-order chi connectivity index (χ1) is 7.31. The van der Waals surface area contributed by atoms with Gasteiger partial charge in [-0.3, -0.25) is 0 Å². The van der Waals surface area contributed by atoms with Gasteiger partial charge < -0.3 is 10.6 Å². The molecule has 1 aromatic rings. The van der Waals surface area contributed by atoms with Crippen molar-refractivity contribution >= 4 is 5.82 Å². The van der Waals surface area contributed by atoms with Crippen molar-refractivity contribution < 1.29 is 0 Å². The van der Waals surface area contributed by atoms with Crippen LogP contribution >= 0.6 is 0 Å². The minimum Gasteiger partial charge on any atom is -0.354 e. The van der Waals surface area contributed by atoms with Crippen molar-refractivity contribution in [2.75, 3.05) is 18.0 Å². The van der Waals surface area contributed by atoms with Crippen molar-refractivity contribution in [2.24, 2.45) is 5.73 Å². The summed E-state index contributed by atoms with van der Waals surface area (Å²) in [6.07, 6.45) is 3.43. The molecular formula is C10H13N5. The molecule has 0 aliphatic carbocycles. The first-order valence-corrected chi connectivity index (χ1v) is 5.03. The van der Waals surface area contributed by atoms with Crippen molar-refractivity contribution in [3.05, 3.63) is 17.8 Å². The Morgan fingerprint density at radius 3 is 2.87 bits per heavy atom. The van der Waals surface area contributed by atoms with Gasteiger partial charge in [-0.15, -0.1) is 5.10 Å². The van der Waals surface area contributed by atoms with Gasteiger partial charge in [-0.25, -0.2) is 0 Å². The van der Waals surface area contributed by atoms with Gasteiger partial charge in [-0.1, -0.05) is 0 Å². The number of anilines is 1. The van der Waals surface area contributed by atoms with Crippen LogP contribution in [0.25, 0.3) is 0 Å². The van der Waals surface area contributed by atoms with Crippen LogP contribution in [-0.2, 0) is 0 Å². The van der Waals surface area contributed by atoms with Gasteiger partial charge in [0.05, 0.1) is 11.8 Å². The van der Waals surface area contributed by atoms with Crippen LogP contribution in [0.1, 0.15) is 18.4 Å². The first kappa shape index (κ1) is 9.87. The number of piperidine rings is 1. The molecule has 5 nitrogen and oxygen atoms in total. The second-order valence-electron chi connectivity index (χ2n) is 3.70. The zero-order chi connectivity index (χ0) is 10.7. The molecule has 1 aliphatic heterocycles. The lowest BCUT2D eigenvalue weighted by Crippen LogP contribution is -2.40. The lowest BCUT2D eigenvalue weighted by atomic mass is 10.1. The smallest absolute Gasteiger partial charge is 0.169 e. The van der Waals surface area contributed by atoms with E-state index in [0.717, 1.165) is 25.9 Å². The lowest BCUT2D eigenvalue weighted by molar-refractivity contribution is 0.497. The first-order valence-electron chi connectivity index (χ1n) is 5.03. The minimum absolute atomic E-state index is 0.281. The minimum atomic E-state index is 0.281. The Hall–Kier alpha value is -1.67. The highest BCUT2D eigenvalue weighted by Crippen LogP contribution is 2.19. The number of aromatic nitrogens is 2.